The van der Waals surface area contributed by atoms with Crippen LogP contribution in [-0.2, 0) is 6.18 Å². The number of hydrazine groups is 1. The molecule has 0 aliphatic rings. The van der Waals surface area contributed by atoms with Gasteiger partial charge in [-0.05, 0) is 23.8 Å². The fourth-order valence-corrected chi connectivity index (χ4v) is 1.97. The van der Waals surface area contributed by atoms with Crippen LogP contribution in [0.25, 0.3) is 0 Å². The van der Waals surface area contributed by atoms with Gasteiger partial charge in [0.1, 0.15) is 0 Å². The summed E-state index contributed by atoms with van der Waals surface area (Å²) in [7, 11) is 0. The molecule has 1 atom stereocenters. The van der Waals surface area contributed by atoms with E-state index in [2.05, 4.69) is 5.43 Å². The average molecular weight is 302 g/mol. The van der Waals surface area contributed by atoms with Crippen LogP contribution in [0.2, 0.25) is 0 Å². The lowest BCUT2D eigenvalue weighted by atomic mass is 9.97. The first-order valence-corrected chi connectivity index (χ1v) is 5.91. The van der Waals surface area contributed by atoms with E-state index in [9.17, 15) is 22.0 Å². The van der Waals surface area contributed by atoms with Crippen molar-refractivity contribution in [1.82, 2.24) is 5.43 Å². The molecule has 0 heterocycles. The smallest absolute Gasteiger partial charge is 0.271 e. The van der Waals surface area contributed by atoms with Crippen LogP contribution in [0, 0.1) is 11.6 Å². The molecule has 0 aliphatic heterocycles. The van der Waals surface area contributed by atoms with Gasteiger partial charge < -0.3 is 0 Å². The molecule has 2 aromatic rings. The van der Waals surface area contributed by atoms with Gasteiger partial charge in [-0.15, -0.1) is 0 Å². The largest absolute Gasteiger partial charge is 0.416 e. The van der Waals surface area contributed by atoms with Crippen molar-refractivity contribution in [1.29, 1.82) is 0 Å². The first kappa shape index (κ1) is 15.4. The lowest BCUT2D eigenvalue weighted by molar-refractivity contribution is -0.137. The third kappa shape index (κ3) is 3.20. The van der Waals surface area contributed by atoms with Gasteiger partial charge in [-0.1, -0.05) is 24.3 Å². The highest BCUT2D eigenvalue weighted by molar-refractivity contribution is 5.35. The summed E-state index contributed by atoms with van der Waals surface area (Å²) in [6.07, 6.45) is -4.46. The fraction of sp³-hybridized carbons (Fsp3) is 0.143. The molecule has 0 aliphatic carbocycles. The zero-order chi connectivity index (χ0) is 15.6. The van der Waals surface area contributed by atoms with E-state index in [-0.39, 0.29) is 11.1 Å². The van der Waals surface area contributed by atoms with Crippen molar-refractivity contribution in [3.63, 3.8) is 0 Å². The summed E-state index contributed by atoms with van der Waals surface area (Å²) in [5, 5.41) is 0. The zero-order valence-electron chi connectivity index (χ0n) is 10.6. The highest BCUT2D eigenvalue weighted by Gasteiger charge is 2.30. The van der Waals surface area contributed by atoms with Crippen LogP contribution in [0.1, 0.15) is 22.7 Å². The van der Waals surface area contributed by atoms with E-state index >= 15 is 0 Å². The number of hydrogen-bond acceptors (Lipinski definition) is 2. The molecule has 0 amide bonds. The van der Waals surface area contributed by atoms with Crippen LogP contribution >= 0.6 is 0 Å². The number of nitrogens with two attached hydrogens (primary N) is 1. The minimum absolute atomic E-state index is 0.0859. The summed E-state index contributed by atoms with van der Waals surface area (Å²) in [6.45, 7) is 0. The lowest BCUT2D eigenvalue weighted by Crippen LogP contribution is -2.29. The van der Waals surface area contributed by atoms with Crippen molar-refractivity contribution in [2.45, 2.75) is 12.2 Å². The molecule has 2 nitrogen and oxygen atoms in total. The van der Waals surface area contributed by atoms with Gasteiger partial charge in [0.2, 0.25) is 0 Å². The average Bonchev–Trinajstić information content (AvgIpc) is 2.44. The molecule has 7 heteroatoms. The van der Waals surface area contributed by atoms with E-state index in [1.54, 1.807) is 0 Å². The maximum atomic E-state index is 13.7. The van der Waals surface area contributed by atoms with Gasteiger partial charge in [0.25, 0.3) is 0 Å². The van der Waals surface area contributed by atoms with Crippen LogP contribution in [-0.4, -0.2) is 0 Å². The Bertz CT molecular complexity index is 622. The van der Waals surface area contributed by atoms with Gasteiger partial charge in [0.15, 0.2) is 11.6 Å². The second kappa shape index (κ2) is 5.79. The lowest BCUT2D eigenvalue weighted by Gasteiger charge is -2.18. The summed E-state index contributed by atoms with van der Waals surface area (Å²) in [5.41, 5.74) is 1.64. The van der Waals surface area contributed by atoms with Crippen LogP contribution in [0.3, 0.4) is 0 Å². The summed E-state index contributed by atoms with van der Waals surface area (Å²) >= 11 is 0. The molecule has 112 valence electrons. The molecule has 0 aromatic heterocycles. The second-order valence-corrected chi connectivity index (χ2v) is 4.36. The number of benzene rings is 2. The van der Waals surface area contributed by atoms with E-state index in [0.29, 0.717) is 0 Å². The Morgan fingerprint density at radius 2 is 1.57 bits per heavy atom. The van der Waals surface area contributed by atoms with Gasteiger partial charge in [-0.2, -0.15) is 13.2 Å². The molecule has 0 saturated carbocycles. The molecule has 2 rings (SSSR count). The molecule has 0 fully saturated rings. The normalized spacial score (nSPS) is 13.2. The monoisotopic (exact) mass is 302 g/mol. The maximum absolute atomic E-state index is 13.7. The molecule has 2 aromatic carbocycles. The van der Waals surface area contributed by atoms with Crippen molar-refractivity contribution in [3.8, 4) is 0 Å². The Morgan fingerprint density at radius 3 is 2.10 bits per heavy atom. The van der Waals surface area contributed by atoms with E-state index in [1.165, 1.54) is 12.1 Å². The predicted octanol–water partition coefficient (Wildman–Crippen LogP) is 3.54. The van der Waals surface area contributed by atoms with E-state index < -0.39 is 29.4 Å². The van der Waals surface area contributed by atoms with E-state index in [4.69, 9.17) is 5.84 Å². The van der Waals surface area contributed by atoms with Crippen LogP contribution in [0.5, 0.6) is 0 Å². The summed E-state index contributed by atoms with van der Waals surface area (Å²) < 4.78 is 64.4. The molecule has 0 saturated heterocycles. The summed E-state index contributed by atoms with van der Waals surface area (Å²) in [6, 6.07) is 6.63. The Morgan fingerprint density at radius 1 is 0.952 bits per heavy atom. The Hall–Kier alpha value is -1.99. The third-order valence-electron chi connectivity index (χ3n) is 3.03. The molecule has 0 spiro atoms. The van der Waals surface area contributed by atoms with E-state index in [1.807, 2.05) is 0 Å². The number of nitrogens with one attached hydrogen (secondary N) is 1. The molecule has 0 bridgehead atoms. The number of alkyl halides is 3. The Balaban J connectivity index is 2.40. The van der Waals surface area contributed by atoms with Crippen LogP contribution in [0.4, 0.5) is 22.0 Å². The summed E-state index contributed by atoms with van der Waals surface area (Å²) in [4.78, 5) is 0. The van der Waals surface area contributed by atoms with Crippen molar-refractivity contribution < 1.29 is 22.0 Å². The Labute approximate surface area is 117 Å². The van der Waals surface area contributed by atoms with Crippen molar-refractivity contribution >= 4 is 0 Å². The predicted molar refractivity (Wildman–Crippen MR) is 67.0 cm³/mol. The van der Waals surface area contributed by atoms with Gasteiger partial charge in [0.05, 0.1) is 11.6 Å². The van der Waals surface area contributed by atoms with Crippen molar-refractivity contribution in [2.75, 3.05) is 0 Å². The van der Waals surface area contributed by atoms with Gasteiger partial charge in [-0.25, -0.2) is 14.2 Å². The first-order chi connectivity index (χ1) is 9.84. The molecule has 0 radical (unpaired) electrons. The van der Waals surface area contributed by atoms with Crippen LogP contribution in [0.15, 0.2) is 42.5 Å². The standard InChI is InChI=1S/C14H11F5N2/c15-11-3-1-2-10(12(11)16)13(21-20)8-4-6-9(7-5-8)14(17,18)19/h1-7,13,21H,20H2. The SMILES string of the molecule is NNC(c1ccc(C(F)(F)F)cc1)c1cccc(F)c1F. The molecule has 21 heavy (non-hydrogen) atoms. The molecule has 1 unspecified atom stereocenters. The van der Waals surface area contributed by atoms with Gasteiger partial charge in [0, 0.05) is 5.56 Å². The van der Waals surface area contributed by atoms with Gasteiger partial charge in [-0.3, -0.25) is 5.84 Å². The first-order valence-electron chi connectivity index (χ1n) is 5.91. The third-order valence-corrected chi connectivity index (χ3v) is 3.03. The maximum Gasteiger partial charge on any atom is 0.416 e. The fourth-order valence-electron chi connectivity index (χ4n) is 1.97. The second-order valence-electron chi connectivity index (χ2n) is 4.36. The molecular weight excluding hydrogens is 291 g/mol. The van der Waals surface area contributed by atoms with Crippen molar-refractivity contribution in [2.24, 2.45) is 5.84 Å². The van der Waals surface area contributed by atoms with Crippen LogP contribution < -0.4 is 11.3 Å². The zero-order valence-corrected chi connectivity index (χ0v) is 10.6. The van der Waals surface area contributed by atoms with Crippen molar-refractivity contribution in [3.05, 3.63) is 70.8 Å². The minimum Gasteiger partial charge on any atom is -0.271 e. The number of hydrogen-bond donors (Lipinski definition) is 2. The highest BCUT2D eigenvalue weighted by atomic mass is 19.4. The van der Waals surface area contributed by atoms with E-state index in [0.717, 1.165) is 30.3 Å². The number of halogens is 5. The topological polar surface area (TPSA) is 38.0 Å². The highest BCUT2D eigenvalue weighted by Crippen LogP contribution is 2.31. The quantitative estimate of drug-likeness (QED) is 0.517. The summed E-state index contributed by atoms with van der Waals surface area (Å²) in [5.74, 6) is 3.17. The Kier molecular flexibility index (Phi) is 4.24. The van der Waals surface area contributed by atoms with Gasteiger partial charge >= 0.3 is 6.18 Å². The number of rotatable bonds is 3. The molecular formula is C14H11F5N2. The molecule has 3 N–H and O–H groups in total. The minimum atomic E-state index is -4.46.